The first-order valence-corrected chi connectivity index (χ1v) is 9.98. The van der Waals surface area contributed by atoms with Crippen LogP contribution in [0.1, 0.15) is 24.5 Å². The fourth-order valence-electron chi connectivity index (χ4n) is 3.98. The number of piperidine rings is 1. The smallest absolute Gasteiger partial charge is 0.180 e. The number of pyridine rings is 1. The molecule has 1 atom stereocenters. The number of likely N-dealkylation sites (N-methyl/N-ethyl adjacent to an activating group) is 1. The van der Waals surface area contributed by atoms with Crippen LogP contribution in [0.5, 0.6) is 0 Å². The van der Waals surface area contributed by atoms with Crippen molar-refractivity contribution < 1.29 is 0 Å². The molecule has 2 aliphatic rings. The SMILES string of the molecule is CN1CC(c2cnc3c(Nc4ccnc(N5CCC(N)CC5)c4)nccn23)C=N1. The van der Waals surface area contributed by atoms with E-state index in [4.69, 9.17) is 5.73 Å². The molecule has 3 N–H and O–H groups in total. The molecule has 0 spiro atoms. The van der Waals surface area contributed by atoms with Crippen LogP contribution in [0.3, 0.4) is 0 Å². The summed E-state index contributed by atoms with van der Waals surface area (Å²) in [6.45, 7) is 2.73. The van der Waals surface area contributed by atoms with Crippen molar-refractivity contribution in [3.8, 4) is 0 Å². The Morgan fingerprint density at radius 1 is 1.14 bits per heavy atom. The summed E-state index contributed by atoms with van der Waals surface area (Å²) in [6.07, 6.45) is 11.4. The summed E-state index contributed by atoms with van der Waals surface area (Å²) in [7, 11) is 1.98. The van der Waals surface area contributed by atoms with E-state index in [2.05, 4.69) is 40.7 Å². The maximum Gasteiger partial charge on any atom is 0.180 e. The lowest BCUT2D eigenvalue weighted by atomic mass is 10.1. The average Bonchev–Trinajstić information content (AvgIpc) is 3.35. The number of fused-ring (bicyclic) bond motifs is 1. The minimum Gasteiger partial charge on any atom is -0.356 e. The summed E-state index contributed by atoms with van der Waals surface area (Å²) in [6, 6.07) is 4.31. The van der Waals surface area contributed by atoms with Gasteiger partial charge in [-0.1, -0.05) is 0 Å². The summed E-state index contributed by atoms with van der Waals surface area (Å²) in [5, 5.41) is 9.70. The Morgan fingerprint density at radius 2 is 2.00 bits per heavy atom. The Balaban J connectivity index is 1.40. The van der Waals surface area contributed by atoms with Crippen molar-refractivity contribution in [2.75, 3.05) is 36.9 Å². The first-order chi connectivity index (χ1) is 14.2. The molecule has 0 aromatic carbocycles. The van der Waals surface area contributed by atoms with Crippen molar-refractivity contribution in [2.45, 2.75) is 24.8 Å². The monoisotopic (exact) mass is 391 g/mol. The number of aromatic nitrogens is 4. The summed E-state index contributed by atoms with van der Waals surface area (Å²) >= 11 is 0. The van der Waals surface area contributed by atoms with Crippen LogP contribution in [0.25, 0.3) is 5.65 Å². The Labute approximate surface area is 169 Å². The highest BCUT2D eigenvalue weighted by molar-refractivity contribution is 5.74. The molecule has 1 saturated heterocycles. The van der Waals surface area contributed by atoms with Gasteiger partial charge >= 0.3 is 0 Å². The van der Waals surface area contributed by atoms with Gasteiger partial charge in [0.2, 0.25) is 0 Å². The third-order valence-electron chi connectivity index (χ3n) is 5.61. The van der Waals surface area contributed by atoms with E-state index in [0.29, 0.717) is 6.04 Å². The van der Waals surface area contributed by atoms with Gasteiger partial charge in [-0.15, -0.1) is 0 Å². The van der Waals surface area contributed by atoms with Gasteiger partial charge in [-0.05, 0) is 18.9 Å². The molecule has 5 rings (SSSR count). The molecule has 0 radical (unpaired) electrons. The molecular weight excluding hydrogens is 366 g/mol. The van der Waals surface area contributed by atoms with Crippen molar-refractivity contribution in [1.29, 1.82) is 0 Å². The van der Waals surface area contributed by atoms with Crippen LogP contribution in [-0.4, -0.2) is 63.3 Å². The molecule has 9 nitrogen and oxygen atoms in total. The molecule has 3 aromatic heterocycles. The standard InChI is InChI=1S/C20H25N9/c1-27-13-14(11-25-27)17-12-24-20-19(23-6-9-29(17)20)26-16-2-5-22-18(10-16)28-7-3-15(21)4-8-28/h2,5-6,9-12,14-15H,3-4,7-8,13,21H2,1H3,(H,22,23,26). The number of rotatable bonds is 4. The van der Waals surface area contributed by atoms with Gasteiger partial charge in [-0.2, -0.15) is 5.10 Å². The summed E-state index contributed by atoms with van der Waals surface area (Å²) in [5.41, 5.74) is 8.88. The molecule has 1 fully saturated rings. The maximum absolute atomic E-state index is 6.03. The van der Waals surface area contributed by atoms with Crippen molar-refractivity contribution in [1.82, 2.24) is 24.4 Å². The van der Waals surface area contributed by atoms with Gasteiger partial charge in [-0.25, -0.2) is 15.0 Å². The molecule has 0 amide bonds. The minimum atomic E-state index is 0.225. The first kappa shape index (κ1) is 17.9. The number of anilines is 3. The van der Waals surface area contributed by atoms with E-state index >= 15 is 0 Å². The van der Waals surface area contributed by atoms with E-state index in [1.165, 1.54) is 0 Å². The van der Waals surface area contributed by atoms with Crippen LogP contribution in [0, 0.1) is 0 Å². The quantitative estimate of drug-likeness (QED) is 0.700. The topological polar surface area (TPSA) is 100.0 Å². The average molecular weight is 391 g/mol. The van der Waals surface area contributed by atoms with E-state index in [9.17, 15) is 0 Å². The molecular formula is C20H25N9. The minimum absolute atomic E-state index is 0.225. The summed E-state index contributed by atoms with van der Waals surface area (Å²) in [4.78, 5) is 16.0. The largest absolute Gasteiger partial charge is 0.356 e. The van der Waals surface area contributed by atoms with Crippen molar-refractivity contribution in [2.24, 2.45) is 10.8 Å². The van der Waals surface area contributed by atoms with E-state index < -0.39 is 0 Å². The Kier molecular flexibility index (Phi) is 4.51. The fraction of sp³-hybridized carbons (Fsp3) is 0.400. The number of imidazole rings is 1. The molecule has 5 heterocycles. The van der Waals surface area contributed by atoms with Crippen molar-refractivity contribution >= 4 is 29.2 Å². The fourth-order valence-corrected chi connectivity index (χ4v) is 3.98. The second-order valence-corrected chi connectivity index (χ2v) is 7.72. The summed E-state index contributed by atoms with van der Waals surface area (Å²) < 4.78 is 2.08. The molecule has 3 aromatic rings. The van der Waals surface area contributed by atoms with Crippen LogP contribution in [0.4, 0.5) is 17.3 Å². The van der Waals surface area contributed by atoms with Gasteiger partial charge in [0, 0.05) is 69.3 Å². The maximum atomic E-state index is 6.03. The van der Waals surface area contributed by atoms with Crippen LogP contribution in [0.2, 0.25) is 0 Å². The molecule has 1 unspecified atom stereocenters. The molecule has 2 aliphatic heterocycles. The van der Waals surface area contributed by atoms with Gasteiger partial charge in [0.1, 0.15) is 5.82 Å². The predicted molar refractivity (Wildman–Crippen MR) is 114 cm³/mol. The lowest BCUT2D eigenvalue weighted by Crippen LogP contribution is -2.40. The number of hydrogen-bond acceptors (Lipinski definition) is 8. The zero-order chi connectivity index (χ0) is 19.8. The van der Waals surface area contributed by atoms with Crippen LogP contribution in [0.15, 0.2) is 42.0 Å². The molecule has 0 bridgehead atoms. The normalized spacial score (nSPS) is 20.0. The zero-order valence-electron chi connectivity index (χ0n) is 16.4. The van der Waals surface area contributed by atoms with E-state index in [1.807, 2.05) is 42.9 Å². The van der Waals surface area contributed by atoms with Crippen LogP contribution < -0.4 is 16.0 Å². The van der Waals surface area contributed by atoms with Gasteiger partial charge < -0.3 is 16.0 Å². The lowest BCUT2D eigenvalue weighted by Gasteiger charge is -2.31. The number of nitrogens with one attached hydrogen (secondary N) is 1. The Bertz CT molecular complexity index is 1040. The molecule has 0 aliphatic carbocycles. The second kappa shape index (κ2) is 7.32. The first-order valence-electron chi connectivity index (χ1n) is 9.98. The van der Waals surface area contributed by atoms with Crippen LogP contribution >= 0.6 is 0 Å². The van der Waals surface area contributed by atoms with Gasteiger partial charge in [-0.3, -0.25) is 9.41 Å². The lowest BCUT2D eigenvalue weighted by molar-refractivity contribution is 0.380. The number of nitrogens with two attached hydrogens (primary N) is 1. The number of hydrazone groups is 1. The molecule has 0 saturated carbocycles. The van der Waals surface area contributed by atoms with Gasteiger partial charge in [0.25, 0.3) is 0 Å². The third-order valence-corrected chi connectivity index (χ3v) is 5.61. The van der Waals surface area contributed by atoms with E-state index in [0.717, 1.165) is 61.1 Å². The second-order valence-electron chi connectivity index (χ2n) is 7.72. The highest BCUT2D eigenvalue weighted by Crippen LogP contribution is 2.26. The van der Waals surface area contributed by atoms with Gasteiger partial charge in [0.05, 0.1) is 17.8 Å². The highest BCUT2D eigenvalue weighted by atomic mass is 15.4. The van der Waals surface area contributed by atoms with E-state index in [1.54, 1.807) is 6.20 Å². The predicted octanol–water partition coefficient (Wildman–Crippen LogP) is 1.81. The number of hydrogen-bond donors (Lipinski definition) is 2. The molecule has 9 heteroatoms. The third kappa shape index (κ3) is 3.49. The highest BCUT2D eigenvalue weighted by Gasteiger charge is 2.22. The van der Waals surface area contributed by atoms with Crippen molar-refractivity contribution in [3.63, 3.8) is 0 Å². The Morgan fingerprint density at radius 3 is 2.79 bits per heavy atom. The van der Waals surface area contributed by atoms with Gasteiger partial charge in [0.15, 0.2) is 11.5 Å². The zero-order valence-corrected chi connectivity index (χ0v) is 16.4. The van der Waals surface area contributed by atoms with Crippen LogP contribution in [-0.2, 0) is 0 Å². The molecule has 150 valence electrons. The summed E-state index contributed by atoms with van der Waals surface area (Å²) in [5.74, 6) is 1.91. The number of nitrogens with zero attached hydrogens (tertiary/aromatic N) is 7. The van der Waals surface area contributed by atoms with Crippen molar-refractivity contribution in [3.05, 3.63) is 42.6 Å². The Hall–Kier alpha value is -3.20. The van der Waals surface area contributed by atoms with E-state index in [-0.39, 0.29) is 5.92 Å². The molecule has 29 heavy (non-hydrogen) atoms.